The molecule has 6 nitrogen and oxygen atoms in total. The molecule has 190 valence electrons. The number of piperidine rings is 1. The Bertz CT molecular complexity index is 1280. The Morgan fingerprint density at radius 3 is 2.03 bits per heavy atom. The Morgan fingerprint density at radius 1 is 0.889 bits per heavy atom. The highest BCUT2D eigenvalue weighted by Crippen LogP contribution is 2.25. The highest BCUT2D eigenvalue weighted by molar-refractivity contribution is 7.92. The summed E-state index contributed by atoms with van der Waals surface area (Å²) in [5.74, 6) is -1.65. The fourth-order valence-electron chi connectivity index (χ4n) is 4.28. The summed E-state index contributed by atoms with van der Waals surface area (Å²) in [6, 6.07) is 16.8. The van der Waals surface area contributed by atoms with E-state index >= 15 is 0 Å². The number of hydrogen-bond acceptors (Lipinski definition) is 4. The minimum atomic E-state index is -4.22. The molecule has 0 spiro atoms. The van der Waals surface area contributed by atoms with Crippen molar-refractivity contribution in [2.75, 3.05) is 28.8 Å². The quantitative estimate of drug-likeness (QED) is 0.459. The standard InChI is InChI=1S/C27H29F2N3O3S/c1-20(21-5-11-24(12-6-21)31-17-3-2-4-18-31)30-27(33)19-32(25-13-7-22(28)8-14-25)36(34,35)26-15-9-23(29)10-16-26/h5-16,20H,2-4,17-19H2,1H3,(H,30,33). The largest absolute Gasteiger partial charge is 0.372 e. The van der Waals surface area contributed by atoms with Crippen LogP contribution >= 0.6 is 0 Å². The number of benzene rings is 3. The minimum Gasteiger partial charge on any atom is -0.372 e. The van der Waals surface area contributed by atoms with Gasteiger partial charge in [-0.3, -0.25) is 9.10 Å². The molecule has 36 heavy (non-hydrogen) atoms. The Kier molecular flexibility index (Phi) is 7.88. The molecule has 1 heterocycles. The second-order valence-electron chi connectivity index (χ2n) is 8.87. The van der Waals surface area contributed by atoms with Crippen LogP contribution in [0, 0.1) is 11.6 Å². The normalized spacial score (nSPS) is 14.8. The van der Waals surface area contributed by atoms with Crippen LogP contribution in [-0.2, 0) is 14.8 Å². The lowest BCUT2D eigenvalue weighted by Gasteiger charge is -2.29. The van der Waals surface area contributed by atoms with E-state index in [0.717, 1.165) is 65.0 Å². The lowest BCUT2D eigenvalue weighted by atomic mass is 10.1. The van der Waals surface area contributed by atoms with E-state index in [2.05, 4.69) is 10.2 Å². The maximum absolute atomic E-state index is 13.5. The lowest BCUT2D eigenvalue weighted by molar-refractivity contribution is -0.120. The molecule has 1 unspecified atom stereocenters. The topological polar surface area (TPSA) is 69.7 Å². The average Bonchev–Trinajstić information content (AvgIpc) is 2.89. The number of halogens is 2. The van der Waals surface area contributed by atoms with E-state index < -0.39 is 34.1 Å². The van der Waals surface area contributed by atoms with Crippen LogP contribution in [0.3, 0.4) is 0 Å². The van der Waals surface area contributed by atoms with Crippen molar-refractivity contribution in [1.82, 2.24) is 5.32 Å². The van der Waals surface area contributed by atoms with Crippen LogP contribution in [0.5, 0.6) is 0 Å². The highest BCUT2D eigenvalue weighted by atomic mass is 32.2. The van der Waals surface area contributed by atoms with Gasteiger partial charge in [0, 0.05) is 18.8 Å². The molecule has 0 radical (unpaired) electrons. The SMILES string of the molecule is CC(NC(=O)CN(c1ccc(F)cc1)S(=O)(=O)c1ccc(F)cc1)c1ccc(N2CCCCC2)cc1. The summed E-state index contributed by atoms with van der Waals surface area (Å²) in [6.07, 6.45) is 3.61. The predicted molar refractivity (Wildman–Crippen MR) is 136 cm³/mol. The third kappa shape index (κ3) is 6.02. The van der Waals surface area contributed by atoms with Crippen molar-refractivity contribution in [2.24, 2.45) is 0 Å². The van der Waals surface area contributed by atoms with Gasteiger partial charge in [0.1, 0.15) is 18.2 Å². The van der Waals surface area contributed by atoms with Crippen LogP contribution in [0.2, 0.25) is 0 Å². The van der Waals surface area contributed by atoms with Gasteiger partial charge >= 0.3 is 0 Å². The second-order valence-corrected chi connectivity index (χ2v) is 10.7. The summed E-state index contributed by atoms with van der Waals surface area (Å²) in [7, 11) is -4.22. The zero-order valence-corrected chi connectivity index (χ0v) is 20.8. The molecule has 0 saturated carbocycles. The molecule has 1 atom stereocenters. The fourth-order valence-corrected chi connectivity index (χ4v) is 5.70. The van der Waals surface area contributed by atoms with Crippen molar-refractivity contribution in [1.29, 1.82) is 0 Å². The van der Waals surface area contributed by atoms with Gasteiger partial charge in [-0.25, -0.2) is 17.2 Å². The third-order valence-electron chi connectivity index (χ3n) is 6.30. The predicted octanol–water partition coefficient (Wildman–Crippen LogP) is 5.03. The van der Waals surface area contributed by atoms with Gasteiger partial charge in [-0.15, -0.1) is 0 Å². The molecule has 4 rings (SSSR count). The van der Waals surface area contributed by atoms with E-state index in [1.54, 1.807) is 0 Å². The molecular formula is C27H29F2N3O3S. The number of nitrogens with zero attached hydrogens (tertiary/aromatic N) is 2. The molecule has 0 bridgehead atoms. The van der Waals surface area contributed by atoms with Gasteiger partial charge in [-0.05, 0) is 92.4 Å². The van der Waals surface area contributed by atoms with Crippen molar-refractivity contribution in [3.05, 3.63) is 90.0 Å². The van der Waals surface area contributed by atoms with Crippen molar-refractivity contribution in [3.8, 4) is 0 Å². The van der Waals surface area contributed by atoms with Crippen LogP contribution < -0.4 is 14.5 Å². The van der Waals surface area contributed by atoms with Gasteiger partial charge in [0.25, 0.3) is 10.0 Å². The summed E-state index contributed by atoms with van der Waals surface area (Å²) in [4.78, 5) is 15.1. The van der Waals surface area contributed by atoms with Gasteiger partial charge in [0.2, 0.25) is 5.91 Å². The van der Waals surface area contributed by atoms with Gasteiger partial charge < -0.3 is 10.2 Å². The van der Waals surface area contributed by atoms with Gasteiger partial charge in [0.15, 0.2) is 0 Å². The van der Waals surface area contributed by atoms with E-state index in [4.69, 9.17) is 0 Å². The molecule has 1 N–H and O–H groups in total. The van der Waals surface area contributed by atoms with E-state index in [0.29, 0.717) is 0 Å². The molecule has 1 amide bonds. The van der Waals surface area contributed by atoms with Crippen molar-refractivity contribution in [3.63, 3.8) is 0 Å². The Labute approximate surface area is 210 Å². The molecular weight excluding hydrogens is 484 g/mol. The summed E-state index contributed by atoms with van der Waals surface area (Å²) < 4.78 is 54.4. The summed E-state index contributed by atoms with van der Waals surface area (Å²) in [5, 5.41) is 2.85. The van der Waals surface area contributed by atoms with Crippen molar-refractivity contribution in [2.45, 2.75) is 37.1 Å². The van der Waals surface area contributed by atoms with Gasteiger partial charge in [-0.2, -0.15) is 0 Å². The summed E-state index contributed by atoms with van der Waals surface area (Å²) in [6.45, 7) is 3.37. The fraction of sp³-hybridized carbons (Fsp3) is 0.296. The number of rotatable bonds is 8. The van der Waals surface area contributed by atoms with Crippen LogP contribution in [0.1, 0.15) is 37.8 Å². The zero-order chi connectivity index (χ0) is 25.7. The molecule has 1 aliphatic heterocycles. The summed E-state index contributed by atoms with van der Waals surface area (Å²) in [5.41, 5.74) is 2.15. The van der Waals surface area contributed by atoms with E-state index in [9.17, 15) is 22.0 Å². The molecule has 1 saturated heterocycles. The number of hydrogen-bond donors (Lipinski definition) is 1. The number of sulfonamides is 1. The maximum Gasteiger partial charge on any atom is 0.264 e. The molecule has 0 aliphatic carbocycles. The number of nitrogens with one attached hydrogen (secondary N) is 1. The number of carbonyl (C=O) groups is 1. The first-order valence-electron chi connectivity index (χ1n) is 11.9. The first-order chi connectivity index (χ1) is 17.2. The third-order valence-corrected chi connectivity index (χ3v) is 8.08. The smallest absolute Gasteiger partial charge is 0.264 e. The molecule has 3 aromatic rings. The first kappa shape index (κ1) is 25.6. The highest BCUT2D eigenvalue weighted by Gasteiger charge is 2.28. The Balaban J connectivity index is 1.50. The van der Waals surface area contributed by atoms with Crippen LogP contribution in [0.4, 0.5) is 20.2 Å². The number of amides is 1. The molecule has 1 aliphatic rings. The number of carbonyl (C=O) groups excluding carboxylic acids is 1. The monoisotopic (exact) mass is 513 g/mol. The van der Waals surface area contributed by atoms with Crippen molar-refractivity contribution >= 4 is 27.3 Å². The molecule has 1 fully saturated rings. The molecule has 0 aromatic heterocycles. The number of anilines is 2. The van der Waals surface area contributed by atoms with Gasteiger partial charge in [-0.1, -0.05) is 12.1 Å². The zero-order valence-electron chi connectivity index (χ0n) is 20.0. The van der Waals surface area contributed by atoms with E-state index in [1.807, 2.05) is 31.2 Å². The van der Waals surface area contributed by atoms with Crippen molar-refractivity contribution < 1.29 is 22.0 Å². The minimum absolute atomic E-state index is 0.120. The lowest BCUT2D eigenvalue weighted by Crippen LogP contribution is -2.41. The molecule has 9 heteroatoms. The summed E-state index contributed by atoms with van der Waals surface area (Å²) >= 11 is 0. The Hall–Kier alpha value is -3.46. The van der Waals surface area contributed by atoms with Crippen LogP contribution in [-0.4, -0.2) is 34.0 Å². The molecule has 3 aromatic carbocycles. The Morgan fingerprint density at radius 2 is 1.44 bits per heavy atom. The van der Waals surface area contributed by atoms with E-state index in [-0.39, 0.29) is 16.6 Å². The van der Waals surface area contributed by atoms with Crippen LogP contribution in [0.25, 0.3) is 0 Å². The van der Waals surface area contributed by atoms with Gasteiger partial charge in [0.05, 0.1) is 16.6 Å². The first-order valence-corrected chi connectivity index (χ1v) is 13.4. The maximum atomic E-state index is 13.5. The van der Waals surface area contributed by atoms with E-state index in [1.165, 1.54) is 31.4 Å². The second kappa shape index (κ2) is 11.1. The van der Waals surface area contributed by atoms with Crippen LogP contribution in [0.15, 0.2) is 77.7 Å². The average molecular weight is 514 g/mol.